The van der Waals surface area contributed by atoms with E-state index >= 15 is 0 Å². The van der Waals surface area contributed by atoms with Gasteiger partial charge in [0, 0.05) is 50.2 Å². The molecule has 2 aromatic rings. The van der Waals surface area contributed by atoms with Gasteiger partial charge in [0.15, 0.2) is 0 Å². The molecule has 0 heterocycles. The fourth-order valence-electron chi connectivity index (χ4n) is 2.92. The van der Waals surface area contributed by atoms with Crippen molar-refractivity contribution in [2.45, 2.75) is 0 Å². The fourth-order valence-corrected chi connectivity index (χ4v) is 2.92. The van der Waals surface area contributed by atoms with E-state index in [9.17, 15) is 20.4 Å². The Morgan fingerprint density at radius 2 is 1.35 bits per heavy atom. The van der Waals surface area contributed by atoms with Crippen molar-refractivity contribution in [3.05, 3.63) is 64.6 Å². The highest BCUT2D eigenvalue weighted by Crippen LogP contribution is 2.48. The zero-order chi connectivity index (χ0) is 19.0. The molecule has 0 atom stereocenters. The van der Waals surface area contributed by atoms with Gasteiger partial charge in [-0.15, -0.1) is 0 Å². The van der Waals surface area contributed by atoms with Crippen LogP contribution in [0.2, 0.25) is 0 Å². The largest absolute Gasteiger partial charge is 0.507 e. The maximum atomic E-state index is 10.4. The molecule has 134 valence electrons. The fraction of sp³-hybridized carbons (Fsp3) is 0.150. The topological polar surface area (TPSA) is 96.5 Å². The number of allylic oxidation sites excluding steroid dienone is 2. The van der Waals surface area contributed by atoms with Crippen LogP contribution in [-0.4, -0.2) is 47.8 Å². The molecule has 2 aromatic carbocycles. The SMILES string of the molecule is CN=Cc1ccc(C2=C(O)C(c3ccc(N(C)C)cc3O)=C2O)c(O)c1. The summed E-state index contributed by atoms with van der Waals surface area (Å²) in [6.07, 6.45) is 1.59. The molecular weight excluding hydrogens is 332 g/mol. The average Bonchev–Trinajstić information content (AvgIpc) is 2.59. The molecule has 0 aliphatic heterocycles. The van der Waals surface area contributed by atoms with Gasteiger partial charge in [-0.1, -0.05) is 6.07 Å². The normalized spacial score (nSPS) is 14.1. The van der Waals surface area contributed by atoms with Gasteiger partial charge in [-0.05, 0) is 29.8 Å². The molecule has 0 unspecified atom stereocenters. The molecule has 0 amide bonds. The van der Waals surface area contributed by atoms with Crippen LogP contribution in [0, 0.1) is 0 Å². The van der Waals surface area contributed by atoms with E-state index in [0.717, 1.165) is 5.69 Å². The first-order chi connectivity index (χ1) is 12.3. The van der Waals surface area contributed by atoms with E-state index < -0.39 is 0 Å². The van der Waals surface area contributed by atoms with E-state index in [2.05, 4.69) is 4.99 Å². The molecule has 6 heteroatoms. The minimum Gasteiger partial charge on any atom is -0.507 e. The third-order valence-corrected chi connectivity index (χ3v) is 4.28. The van der Waals surface area contributed by atoms with Crippen molar-refractivity contribution >= 4 is 23.0 Å². The Balaban J connectivity index is 1.99. The van der Waals surface area contributed by atoms with Crippen molar-refractivity contribution in [1.82, 2.24) is 0 Å². The molecule has 0 bridgehead atoms. The van der Waals surface area contributed by atoms with Crippen molar-refractivity contribution in [3.63, 3.8) is 0 Å². The standard InChI is InChI=1S/C20H20N2O4/c1-21-10-11-4-6-13(15(23)8-11)17-19(25)18(20(17)26)14-7-5-12(22(2)3)9-16(14)24/h4-10,23-26H,1-3H3. The van der Waals surface area contributed by atoms with Gasteiger partial charge in [-0.25, -0.2) is 0 Å². The van der Waals surface area contributed by atoms with Crippen LogP contribution in [0.4, 0.5) is 5.69 Å². The molecule has 0 spiro atoms. The number of phenolic OH excluding ortho intramolecular Hbond substituents is 2. The summed E-state index contributed by atoms with van der Waals surface area (Å²) >= 11 is 0. The number of rotatable bonds is 4. The van der Waals surface area contributed by atoms with Crippen LogP contribution < -0.4 is 4.90 Å². The van der Waals surface area contributed by atoms with E-state index in [1.54, 1.807) is 43.6 Å². The molecule has 0 saturated carbocycles. The summed E-state index contributed by atoms with van der Waals surface area (Å²) in [7, 11) is 5.32. The first kappa shape index (κ1) is 17.4. The van der Waals surface area contributed by atoms with Gasteiger partial charge in [0.25, 0.3) is 0 Å². The highest BCUT2D eigenvalue weighted by Gasteiger charge is 2.34. The van der Waals surface area contributed by atoms with Gasteiger partial charge in [-0.2, -0.15) is 0 Å². The Hall–Kier alpha value is -3.41. The summed E-state index contributed by atoms with van der Waals surface area (Å²) in [5.74, 6) is -0.492. The van der Waals surface area contributed by atoms with Gasteiger partial charge < -0.3 is 25.3 Å². The minimum atomic E-state index is -0.178. The molecule has 0 fully saturated rings. The number of hydrogen-bond donors (Lipinski definition) is 4. The number of aliphatic imine (C=N–C) groups is 1. The summed E-state index contributed by atoms with van der Waals surface area (Å²) in [4.78, 5) is 5.71. The molecule has 1 aliphatic carbocycles. The molecule has 4 N–H and O–H groups in total. The number of aliphatic hydroxyl groups excluding tert-OH is 2. The summed E-state index contributed by atoms with van der Waals surface area (Å²) in [6.45, 7) is 0. The predicted octanol–water partition coefficient (Wildman–Crippen LogP) is 3.46. The van der Waals surface area contributed by atoms with Crippen LogP contribution in [0.25, 0.3) is 11.1 Å². The van der Waals surface area contributed by atoms with Crippen LogP contribution in [0.5, 0.6) is 11.5 Å². The van der Waals surface area contributed by atoms with Crippen LogP contribution in [0.15, 0.2) is 52.9 Å². The van der Waals surface area contributed by atoms with Gasteiger partial charge in [0.05, 0.1) is 11.1 Å². The molecule has 0 radical (unpaired) electrons. The van der Waals surface area contributed by atoms with Crippen molar-refractivity contribution in [2.75, 3.05) is 26.0 Å². The van der Waals surface area contributed by atoms with Crippen molar-refractivity contribution in [3.8, 4) is 11.5 Å². The van der Waals surface area contributed by atoms with Gasteiger partial charge >= 0.3 is 0 Å². The lowest BCUT2D eigenvalue weighted by Crippen LogP contribution is -2.12. The molecule has 6 nitrogen and oxygen atoms in total. The Morgan fingerprint density at radius 1 is 0.808 bits per heavy atom. The van der Waals surface area contributed by atoms with Crippen LogP contribution in [0.3, 0.4) is 0 Å². The Morgan fingerprint density at radius 3 is 1.81 bits per heavy atom. The molecule has 1 aliphatic rings. The van der Waals surface area contributed by atoms with E-state index in [1.807, 2.05) is 19.0 Å². The quantitative estimate of drug-likeness (QED) is 0.632. The monoisotopic (exact) mass is 352 g/mol. The third kappa shape index (κ3) is 2.75. The number of aromatic hydroxyl groups is 2. The lowest BCUT2D eigenvalue weighted by Gasteiger charge is -2.25. The van der Waals surface area contributed by atoms with Crippen molar-refractivity contribution in [2.24, 2.45) is 4.99 Å². The lowest BCUT2D eigenvalue weighted by molar-refractivity contribution is 0.386. The number of phenols is 2. The zero-order valence-corrected chi connectivity index (χ0v) is 14.7. The molecule has 26 heavy (non-hydrogen) atoms. The highest BCUT2D eigenvalue weighted by molar-refractivity contribution is 6.08. The minimum absolute atomic E-state index is 0.0536. The van der Waals surface area contributed by atoms with Crippen molar-refractivity contribution in [1.29, 1.82) is 0 Å². The lowest BCUT2D eigenvalue weighted by atomic mass is 9.83. The van der Waals surface area contributed by atoms with E-state index in [-0.39, 0.29) is 34.2 Å². The van der Waals surface area contributed by atoms with Gasteiger partial charge in [0.1, 0.15) is 23.0 Å². The van der Waals surface area contributed by atoms with Crippen LogP contribution >= 0.6 is 0 Å². The third-order valence-electron chi connectivity index (χ3n) is 4.28. The number of aliphatic hydroxyl groups is 2. The second kappa shape index (κ2) is 6.48. The van der Waals surface area contributed by atoms with E-state index in [1.165, 1.54) is 6.07 Å². The first-order valence-electron chi connectivity index (χ1n) is 7.98. The van der Waals surface area contributed by atoms with Gasteiger partial charge in [-0.3, -0.25) is 4.99 Å². The number of hydrogen-bond acceptors (Lipinski definition) is 6. The molecular formula is C20H20N2O4. The second-order valence-corrected chi connectivity index (χ2v) is 6.21. The molecule has 0 saturated heterocycles. The van der Waals surface area contributed by atoms with Crippen LogP contribution in [0.1, 0.15) is 16.7 Å². The first-order valence-corrected chi connectivity index (χ1v) is 7.98. The maximum Gasteiger partial charge on any atom is 0.139 e. The zero-order valence-electron chi connectivity index (χ0n) is 14.7. The smallest absolute Gasteiger partial charge is 0.139 e. The summed E-state index contributed by atoms with van der Waals surface area (Å²) in [6, 6.07) is 9.77. The summed E-state index contributed by atoms with van der Waals surface area (Å²) in [5, 5.41) is 41.3. The maximum absolute atomic E-state index is 10.4. The highest BCUT2D eigenvalue weighted by atomic mass is 16.3. The molecule has 3 rings (SSSR count). The average molecular weight is 352 g/mol. The second-order valence-electron chi connectivity index (χ2n) is 6.21. The van der Waals surface area contributed by atoms with Gasteiger partial charge in [0.2, 0.25) is 0 Å². The number of anilines is 1. The van der Waals surface area contributed by atoms with E-state index in [0.29, 0.717) is 16.7 Å². The van der Waals surface area contributed by atoms with Crippen LogP contribution in [-0.2, 0) is 0 Å². The number of nitrogens with zero attached hydrogens (tertiary/aromatic N) is 2. The van der Waals surface area contributed by atoms with Crippen molar-refractivity contribution < 1.29 is 20.4 Å². The Labute approximate surface area is 151 Å². The summed E-state index contributed by atoms with van der Waals surface area (Å²) < 4.78 is 0. The summed E-state index contributed by atoms with van der Waals surface area (Å²) in [5.41, 5.74) is 2.42. The molecule has 0 aromatic heterocycles. The Bertz CT molecular complexity index is 972. The predicted molar refractivity (Wildman–Crippen MR) is 103 cm³/mol. The Kier molecular flexibility index (Phi) is 4.34. The number of benzene rings is 2. The van der Waals surface area contributed by atoms with E-state index in [4.69, 9.17) is 0 Å².